The van der Waals surface area contributed by atoms with Crippen LogP contribution in [0, 0.1) is 11.3 Å². The van der Waals surface area contributed by atoms with Crippen molar-refractivity contribution in [2.75, 3.05) is 13.1 Å². The molecule has 2 N–H and O–H groups in total. The molecule has 0 spiro atoms. The van der Waals surface area contributed by atoms with Crippen molar-refractivity contribution < 1.29 is 0 Å². The summed E-state index contributed by atoms with van der Waals surface area (Å²) in [7, 11) is 0. The van der Waals surface area contributed by atoms with Gasteiger partial charge in [-0.25, -0.2) is 0 Å². The number of hydrogen-bond donors (Lipinski definition) is 1. The third kappa shape index (κ3) is 3.12. The molecule has 1 saturated heterocycles. The van der Waals surface area contributed by atoms with Crippen LogP contribution in [0.4, 0.5) is 0 Å². The van der Waals surface area contributed by atoms with Gasteiger partial charge in [0, 0.05) is 13.1 Å². The Bertz CT molecular complexity index is 208. The number of nitrogens with two attached hydrogens (primary N) is 1. The molecule has 0 radical (unpaired) electrons. The predicted molar refractivity (Wildman–Crippen MR) is 65.2 cm³/mol. The summed E-state index contributed by atoms with van der Waals surface area (Å²) < 4.78 is 0. The van der Waals surface area contributed by atoms with Crippen LogP contribution in [0.2, 0.25) is 0 Å². The van der Waals surface area contributed by atoms with Crippen molar-refractivity contribution in [3.8, 4) is 0 Å². The second-order valence-electron chi connectivity index (χ2n) is 5.32. The van der Waals surface area contributed by atoms with Crippen molar-refractivity contribution in [2.45, 2.75) is 40.0 Å². The summed E-state index contributed by atoms with van der Waals surface area (Å²) in [6.45, 7) is 9.06. The third-order valence-corrected chi connectivity index (χ3v) is 3.52. The van der Waals surface area contributed by atoms with Gasteiger partial charge in [-0.2, -0.15) is 0 Å². The molecule has 1 unspecified atom stereocenters. The van der Waals surface area contributed by atoms with E-state index in [1.54, 1.807) is 0 Å². The van der Waals surface area contributed by atoms with Gasteiger partial charge in [0.25, 0.3) is 0 Å². The second-order valence-corrected chi connectivity index (χ2v) is 5.74. The van der Waals surface area contributed by atoms with Crippen LogP contribution in [0.15, 0.2) is 0 Å². The first-order valence-electron chi connectivity index (χ1n) is 5.45. The molecule has 0 saturated carbocycles. The van der Waals surface area contributed by atoms with Gasteiger partial charge in [-0.3, -0.25) is 0 Å². The Kier molecular flexibility index (Phi) is 3.76. The molecule has 1 aliphatic heterocycles. The Balaban J connectivity index is 2.53. The molecule has 0 aromatic rings. The topological polar surface area (TPSA) is 29.3 Å². The molecule has 0 aromatic heterocycles. The third-order valence-electron chi connectivity index (χ3n) is 3.26. The predicted octanol–water partition coefficient (Wildman–Crippen LogP) is 2.38. The Morgan fingerprint density at radius 3 is 2.43 bits per heavy atom. The van der Waals surface area contributed by atoms with E-state index in [2.05, 4.69) is 25.7 Å². The molecule has 1 aliphatic rings. The van der Waals surface area contributed by atoms with Crippen LogP contribution in [-0.4, -0.2) is 23.1 Å². The standard InChI is InChI=1S/C11H22N2S/c1-11(2,3)9-5-4-7-13(8-6-9)10(12)14/h9H,4-8H2,1-3H3,(H2,12,14). The maximum atomic E-state index is 5.65. The minimum atomic E-state index is 0.423. The van der Waals surface area contributed by atoms with E-state index < -0.39 is 0 Å². The largest absolute Gasteiger partial charge is 0.376 e. The molecule has 1 heterocycles. The zero-order chi connectivity index (χ0) is 10.8. The fourth-order valence-electron chi connectivity index (χ4n) is 2.18. The van der Waals surface area contributed by atoms with Crippen molar-refractivity contribution in [1.82, 2.24) is 4.90 Å². The summed E-state index contributed by atoms with van der Waals surface area (Å²) in [5, 5.41) is 0.569. The van der Waals surface area contributed by atoms with E-state index in [0.29, 0.717) is 10.5 Å². The van der Waals surface area contributed by atoms with Gasteiger partial charge in [-0.15, -0.1) is 0 Å². The van der Waals surface area contributed by atoms with Gasteiger partial charge in [0.05, 0.1) is 0 Å². The maximum absolute atomic E-state index is 5.65. The van der Waals surface area contributed by atoms with Crippen molar-refractivity contribution in [1.29, 1.82) is 0 Å². The number of rotatable bonds is 0. The second kappa shape index (κ2) is 4.47. The highest BCUT2D eigenvalue weighted by Crippen LogP contribution is 2.34. The van der Waals surface area contributed by atoms with Crippen LogP contribution in [0.1, 0.15) is 40.0 Å². The summed E-state index contributed by atoms with van der Waals surface area (Å²) >= 11 is 5.01. The van der Waals surface area contributed by atoms with Gasteiger partial charge in [-0.1, -0.05) is 20.8 Å². The first-order chi connectivity index (χ1) is 6.41. The smallest absolute Gasteiger partial charge is 0.166 e. The lowest BCUT2D eigenvalue weighted by atomic mass is 9.77. The Labute approximate surface area is 92.8 Å². The van der Waals surface area contributed by atoms with Crippen LogP contribution in [0.5, 0.6) is 0 Å². The monoisotopic (exact) mass is 214 g/mol. The molecule has 2 nitrogen and oxygen atoms in total. The first-order valence-corrected chi connectivity index (χ1v) is 5.86. The van der Waals surface area contributed by atoms with E-state index >= 15 is 0 Å². The van der Waals surface area contributed by atoms with Crippen LogP contribution in [-0.2, 0) is 0 Å². The minimum absolute atomic E-state index is 0.423. The molecule has 0 aromatic carbocycles. The van der Waals surface area contributed by atoms with Gasteiger partial charge in [0.2, 0.25) is 0 Å². The molecule has 1 rings (SSSR count). The van der Waals surface area contributed by atoms with Crippen LogP contribution in [0.3, 0.4) is 0 Å². The maximum Gasteiger partial charge on any atom is 0.166 e. The van der Waals surface area contributed by atoms with Crippen molar-refractivity contribution in [3.05, 3.63) is 0 Å². The first kappa shape index (κ1) is 11.8. The van der Waals surface area contributed by atoms with E-state index in [-0.39, 0.29) is 0 Å². The van der Waals surface area contributed by atoms with Crippen molar-refractivity contribution in [2.24, 2.45) is 17.1 Å². The van der Waals surface area contributed by atoms with Gasteiger partial charge in [0.1, 0.15) is 0 Å². The zero-order valence-electron chi connectivity index (χ0n) is 9.55. The highest BCUT2D eigenvalue weighted by molar-refractivity contribution is 7.80. The van der Waals surface area contributed by atoms with Crippen molar-refractivity contribution >= 4 is 17.3 Å². The van der Waals surface area contributed by atoms with Gasteiger partial charge in [-0.05, 0) is 42.8 Å². The number of thiocarbonyl (C=S) groups is 1. The number of likely N-dealkylation sites (tertiary alicyclic amines) is 1. The number of hydrogen-bond acceptors (Lipinski definition) is 1. The van der Waals surface area contributed by atoms with E-state index in [9.17, 15) is 0 Å². The lowest BCUT2D eigenvalue weighted by molar-refractivity contribution is 0.216. The molecular formula is C11H22N2S. The van der Waals surface area contributed by atoms with Crippen LogP contribution < -0.4 is 5.73 Å². The number of nitrogens with zero attached hydrogens (tertiary/aromatic N) is 1. The summed E-state index contributed by atoms with van der Waals surface area (Å²) in [6.07, 6.45) is 3.75. The Morgan fingerprint density at radius 1 is 1.29 bits per heavy atom. The molecule has 3 heteroatoms. The Morgan fingerprint density at radius 2 is 1.93 bits per heavy atom. The van der Waals surface area contributed by atoms with Gasteiger partial charge in [0.15, 0.2) is 5.11 Å². The molecule has 14 heavy (non-hydrogen) atoms. The average molecular weight is 214 g/mol. The van der Waals surface area contributed by atoms with Gasteiger partial charge < -0.3 is 10.6 Å². The highest BCUT2D eigenvalue weighted by atomic mass is 32.1. The summed E-state index contributed by atoms with van der Waals surface area (Å²) in [5.41, 5.74) is 6.07. The van der Waals surface area contributed by atoms with E-state index in [1.165, 1.54) is 19.3 Å². The fraction of sp³-hybridized carbons (Fsp3) is 0.909. The minimum Gasteiger partial charge on any atom is -0.376 e. The molecule has 1 atom stereocenters. The highest BCUT2D eigenvalue weighted by Gasteiger charge is 2.27. The fourth-order valence-corrected chi connectivity index (χ4v) is 2.37. The molecule has 1 fully saturated rings. The SMILES string of the molecule is CC(C)(C)C1CCCN(C(N)=S)CC1. The van der Waals surface area contributed by atoms with E-state index in [0.717, 1.165) is 19.0 Å². The van der Waals surface area contributed by atoms with Crippen molar-refractivity contribution in [3.63, 3.8) is 0 Å². The van der Waals surface area contributed by atoms with Gasteiger partial charge >= 0.3 is 0 Å². The molecule has 0 aliphatic carbocycles. The molecule has 0 bridgehead atoms. The zero-order valence-corrected chi connectivity index (χ0v) is 10.4. The molecular weight excluding hydrogens is 192 g/mol. The summed E-state index contributed by atoms with van der Waals surface area (Å²) in [5.74, 6) is 0.807. The molecule has 0 amide bonds. The van der Waals surface area contributed by atoms with Crippen LogP contribution >= 0.6 is 12.2 Å². The molecule has 82 valence electrons. The lowest BCUT2D eigenvalue weighted by Gasteiger charge is -2.29. The average Bonchev–Trinajstić information content (AvgIpc) is 2.26. The normalized spacial score (nSPS) is 24.5. The van der Waals surface area contributed by atoms with E-state index in [4.69, 9.17) is 18.0 Å². The lowest BCUT2D eigenvalue weighted by Crippen LogP contribution is -2.36. The Hall–Kier alpha value is -0.310. The van der Waals surface area contributed by atoms with Crippen LogP contribution in [0.25, 0.3) is 0 Å². The quantitative estimate of drug-likeness (QED) is 0.628. The summed E-state index contributed by atoms with van der Waals surface area (Å²) in [4.78, 5) is 2.14. The summed E-state index contributed by atoms with van der Waals surface area (Å²) in [6, 6.07) is 0. The van der Waals surface area contributed by atoms with E-state index in [1.807, 2.05) is 0 Å².